The van der Waals surface area contributed by atoms with E-state index >= 15 is 0 Å². The average Bonchev–Trinajstić information content (AvgIpc) is 2.80. The van der Waals surface area contributed by atoms with Crippen molar-refractivity contribution in [1.29, 1.82) is 0 Å². The van der Waals surface area contributed by atoms with Gasteiger partial charge in [0.25, 0.3) is 0 Å². The number of fused-ring (bicyclic) bond motifs is 7. The molecular weight excluding hydrogens is 556 g/mol. The monoisotopic (exact) mass is 627 g/mol. The van der Waals surface area contributed by atoms with Crippen molar-refractivity contribution in [3.63, 3.8) is 0 Å². The van der Waals surface area contributed by atoms with Gasteiger partial charge in [0.05, 0.1) is 5.54 Å². The highest BCUT2D eigenvalue weighted by atomic mass is 15.3. The maximum absolute atomic E-state index is 6.64. The van der Waals surface area contributed by atoms with Crippen molar-refractivity contribution in [2.45, 2.75) is 200 Å². The van der Waals surface area contributed by atoms with E-state index in [0.29, 0.717) is 24.1 Å². The third-order valence-corrected chi connectivity index (χ3v) is 11.5. The van der Waals surface area contributed by atoms with Gasteiger partial charge >= 0.3 is 0 Å². The van der Waals surface area contributed by atoms with Crippen molar-refractivity contribution in [3.05, 3.63) is 0 Å². The molecule has 5 aliphatic rings. The summed E-state index contributed by atoms with van der Waals surface area (Å²) in [7, 11) is 0. The fraction of sp³-hybridized carbons (Fsp3) is 0.919. The lowest BCUT2D eigenvalue weighted by Crippen LogP contribution is -2.80. The SMILES string of the molecule is CC(C)=NC(=NC(N)=NC(C)(C)C(C)(C)C)N1CCCCCCN(C(C)C)C2CC(C)(C)NC3(C2)CC2(CC1CC(C)(C)N2)C3. The standard InChI is InChI=1S/C37H70N8/c1-26(2)39-31(40-30(38)41-35(12,13)32(5,6)7)45-19-17-15-14-16-18-44(27(3)4)28-20-33(8,9)42-36(22-28)24-37(25-36)23-29(45)21-34(10,11)43-37/h27-29,42-43H,14-25H2,1-13H3,(H2,38,41). The van der Waals surface area contributed by atoms with Crippen LogP contribution in [0.1, 0.15) is 154 Å². The quantitative estimate of drug-likeness (QED) is 0.230. The minimum absolute atomic E-state index is 0.00817. The lowest BCUT2D eigenvalue weighted by molar-refractivity contribution is -0.0802. The van der Waals surface area contributed by atoms with Gasteiger partial charge in [0.2, 0.25) is 11.9 Å². The van der Waals surface area contributed by atoms with E-state index in [1.165, 1.54) is 51.5 Å². The van der Waals surface area contributed by atoms with Gasteiger partial charge in [0.15, 0.2) is 0 Å². The Kier molecular flexibility index (Phi) is 10.4. The Morgan fingerprint density at radius 3 is 1.78 bits per heavy atom. The number of nitrogens with two attached hydrogens (primary N) is 1. The molecule has 2 spiro atoms. The predicted octanol–water partition coefficient (Wildman–Crippen LogP) is 6.88. The van der Waals surface area contributed by atoms with E-state index in [4.69, 9.17) is 20.7 Å². The summed E-state index contributed by atoms with van der Waals surface area (Å²) in [5.41, 5.74) is 7.66. The van der Waals surface area contributed by atoms with Gasteiger partial charge in [-0.3, -0.25) is 4.90 Å². The van der Waals surface area contributed by atoms with E-state index in [1.807, 2.05) is 0 Å². The number of rotatable bonds is 2. The smallest absolute Gasteiger partial charge is 0.228 e. The van der Waals surface area contributed by atoms with Crippen LogP contribution in [-0.2, 0) is 0 Å². The Bertz CT molecular complexity index is 1130. The van der Waals surface area contributed by atoms with E-state index < -0.39 is 0 Å². The second kappa shape index (κ2) is 12.8. The molecule has 4 aliphatic heterocycles. The van der Waals surface area contributed by atoms with E-state index in [9.17, 15) is 0 Å². The molecule has 1 saturated carbocycles. The number of nitrogens with zero attached hydrogens (tertiary/aromatic N) is 5. The molecule has 8 heteroatoms. The first-order chi connectivity index (χ1) is 20.6. The number of guanidine groups is 2. The Morgan fingerprint density at radius 1 is 0.756 bits per heavy atom. The maximum atomic E-state index is 6.64. The van der Waals surface area contributed by atoms with Gasteiger partial charge in [-0.25, -0.2) is 9.98 Å². The number of hydrogen-bond acceptors (Lipinski definition) is 4. The highest BCUT2D eigenvalue weighted by molar-refractivity contribution is 6.00. The van der Waals surface area contributed by atoms with Crippen LogP contribution in [0.15, 0.2) is 15.0 Å². The van der Waals surface area contributed by atoms with Crippen molar-refractivity contribution in [2.24, 2.45) is 26.1 Å². The molecule has 0 aromatic rings. The largest absolute Gasteiger partial charge is 0.368 e. The zero-order valence-corrected chi connectivity index (χ0v) is 31.5. The van der Waals surface area contributed by atoms with Crippen LogP contribution in [0, 0.1) is 5.41 Å². The molecule has 4 heterocycles. The molecule has 4 bridgehead atoms. The summed E-state index contributed by atoms with van der Waals surface area (Å²) in [6.07, 6.45) is 11.8. The molecule has 0 amide bonds. The van der Waals surface area contributed by atoms with Crippen LogP contribution in [0.3, 0.4) is 0 Å². The first kappa shape index (κ1) is 36.3. The second-order valence-electron chi connectivity index (χ2n) is 18.7. The summed E-state index contributed by atoms with van der Waals surface area (Å²) in [5, 5.41) is 8.41. The van der Waals surface area contributed by atoms with Crippen molar-refractivity contribution < 1.29 is 0 Å². The number of piperidine rings is 2. The molecular formula is C37H70N8. The molecule has 0 aromatic carbocycles. The normalized spacial score (nSPS) is 33.6. The summed E-state index contributed by atoms with van der Waals surface area (Å²) in [6.45, 7) is 31.6. The van der Waals surface area contributed by atoms with Crippen molar-refractivity contribution in [1.82, 2.24) is 20.4 Å². The molecule has 8 nitrogen and oxygen atoms in total. The summed E-state index contributed by atoms with van der Waals surface area (Å²) in [5.74, 6) is 1.06. The maximum Gasteiger partial charge on any atom is 0.228 e. The third-order valence-electron chi connectivity index (χ3n) is 11.5. The minimum Gasteiger partial charge on any atom is -0.368 e. The highest BCUT2D eigenvalue weighted by Crippen LogP contribution is 2.54. The average molecular weight is 627 g/mol. The predicted molar refractivity (Wildman–Crippen MR) is 194 cm³/mol. The van der Waals surface area contributed by atoms with Gasteiger partial charge in [0, 0.05) is 52.5 Å². The Morgan fingerprint density at radius 2 is 1.27 bits per heavy atom. The molecule has 0 aromatic heterocycles. The third kappa shape index (κ3) is 8.70. The summed E-state index contributed by atoms with van der Waals surface area (Å²) in [4.78, 5) is 20.4. The van der Waals surface area contributed by atoms with Gasteiger partial charge in [-0.05, 0) is 133 Å². The molecule has 5 rings (SSSR count). The van der Waals surface area contributed by atoms with Crippen LogP contribution in [0.2, 0.25) is 0 Å². The lowest BCUT2D eigenvalue weighted by Gasteiger charge is -2.67. The molecule has 4 saturated heterocycles. The molecule has 1 aliphatic carbocycles. The summed E-state index contributed by atoms with van der Waals surface area (Å²) >= 11 is 0. The van der Waals surface area contributed by atoms with Crippen LogP contribution in [0.5, 0.6) is 0 Å². The van der Waals surface area contributed by atoms with Gasteiger partial charge in [-0.15, -0.1) is 0 Å². The lowest BCUT2D eigenvalue weighted by atomic mass is 9.53. The van der Waals surface area contributed by atoms with E-state index in [0.717, 1.165) is 37.5 Å². The van der Waals surface area contributed by atoms with Crippen LogP contribution in [0.25, 0.3) is 0 Å². The van der Waals surface area contributed by atoms with Gasteiger partial charge in [-0.2, -0.15) is 4.99 Å². The first-order valence-electron chi connectivity index (χ1n) is 18.1. The molecule has 0 radical (unpaired) electrons. The molecule has 5 fully saturated rings. The van der Waals surface area contributed by atoms with Crippen LogP contribution in [-0.4, -0.2) is 86.3 Å². The van der Waals surface area contributed by atoms with Gasteiger partial charge in [-0.1, -0.05) is 33.6 Å². The van der Waals surface area contributed by atoms with Crippen LogP contribution < -0.4 is 16.4 Å². The van der Waals surface area contributed by atoms with E-state index in [1.54, 1.807) is 0 Å². The Hall–Kier alpha value is -1.51. The zero-order chi connectivity index (χ0) is 33.6. The number of aliphatic imine (C=N–C) groups is 3. The second-order valence-corrected chi connectivity index (χ2v) is 18.7. The molecule has 2 atom stereocenters. The fourth-order valence-electron chi connectivity index (χ4n) is 9.20. The van der Waals surface area contributed by atoms with Crippen molar-refractivity contribution in [3.8, 4) is 0 Å². The van der Waals surface area contributed by atoms with Crippen LogP contribution in [0.4, 0.5) is 0 Å². The fourth-order valence-corrected chi connectivity index (χ4v) is 9.20. The minimum atomic E-state index is -0.350. The van der Waals surface area contributed by atoms with Crippen molar-refractivity contribution in [2.75, 3.05) is 13.1 Å². The Balaban J connectivity index is 1.74. The molecule has 4 N–H and O–H groups in total. The van der Waals surface area contributed by atoms with E-state index in [2.05, 4.69) is 110 Å². The molecule has 258 valence electrons. The molecule has 2 unspecified atom stereocenters. The Labute approximate surface area is 276 Å². The van der Waals surface area contributed by atoms with E-state index in [-0.39, 0.29) is 33.1 Å². The topological polar surface area (TPSA) is 93.6 Å². The van der Waals surface area contributed by atoms with Gasteiger partial charge in [0.1, 0.15) is 0 Å². The van der Waals surface area contributed by atoms with Crippen molar-refractivity contribution >= 4 is 17.6 Å². The zero-order valence-electron chi connectivity index (χ0n) is 31.5. The number of nitrogens with one attached hydrogen (secondary N) is 2. The summed E-state index contributed by atoms with van der Waals surface area (Å²) in [6, 6.07) is 1.53. The first-order valence-corrected chi connectivity index (χ1v) is 18.1. The molecule has 45 heavy (non-hydrogen) atoms. The highest BCUT2D eigenvalue weighted by Gasteiger charge is 2.62. The number of hydrogen-bond donors (Lipinski definition) is 3. The van der Waals surface area contributed by atoms with Crippen LogP contribution >= 0.6 is 0 Å². The summed E-state index contributed by atoms with van der Waals surface area (Å²) < 4.78 is 0. The van der Waals surface area contributed by atoms with Gasteiger partial charge < -0.3 is 21.3 Å².